The normalized spacial score (nSPS) is 19.6. The molecule has 20 heavy (non-hydrogen) atoms. The second-order valence-electron chi connectivity index (χ2n) is 5.86. The van der Waals surface area contributed by atoms with Gasteiger partial charge in [0.05, 0.1) is 16.6 Å². The monoisotopic (exact) mass is 273 g/mol. The molecule has 0 saturated heterocycles. The number of ether oxygens (including phenoxy) is 1. The number of para-hydroxylation sites is 2. The molecular weight excluding hydrogens is 250 g/mol. The third kappa shape index (κ3) is 2.13. The molecule has 4 heteroatoms. The zero-order valence-electron chi connectivity index (χ0n) is 12.3. The molecule has 0 bridgehead atoms. The highest BCUT2D eigenvalue weighted by molar-refractivity contribution is 5.75. The number of rotatable bonds is 4. The lowest BCUT2D eigenvalue weighted by Crippen LogP contribution is -2.49. The van der Waals surface area contributed by atoms with Crippen molar-refractivity contribution < 1.29 is 4.74 Å². The molecule has 0 spiro atoms. The van der Waals surface area contributed by atoms with E-state index in [4.69, 9.17) is 15.5 Å². The third-order valence-corrected chi connectivity index (χ3v) is 4.81. The highest BCUT2D eigenvalue weighted by atomic mass is 16.5. The molecule has 1 aliphatic rings. The van der Waals surface area contributed by atoms with Crippen molar-refractivity contribution in [1.82, 2.24) is 9.55 Å². The van der Waals surface area contributed by atoms with Crippen LogP contribution in [0, 0.1) is 0 Å². The summed E-state index contributed by atoms with van der Waals surface area (Å²) >= 11 is 0. The van der Waals surface area contributed by atoms with Gasteiger partial charge in [0, 0.05) is 26.6 Å². The number of benzene rings is 1. The fourth-order valence-electron chi connectivity index (χ4n) is 3.46. The van der Waals surface area contributed by atoms with Gasteiger partial charge in [-0.3, -0.25) is 0 Å². The van der Waals surface area contributed by atoms with Gasteiger partial charge >= 0.3 is 0 Å². The van der Waals surface area contributed by atoms with E-state index in [1.165, 1.54) is 12.8 Å². The first-order valence-electron chi connectivity index (χ1n) is 7.37. The Morgan fingerprint density at radius 3 is 2.70 bits per heavy atom. The Hall–Kier alpha value is -1.39. The van der Waals surface area contributed by atoms with Crippen LogP contribution in [0.15, 0.2) is 24.3 Å². The molecule has 0 radical (unpaired) electrons. The van der Waals surface area contributed by atoms with E-state index in [1.807, 2.05) is 18.2 Å². The molecule has 1 heterocycles. The summed E-state index contributed by atoms with van der Waals surface area (Å²) in [6.07, 6.45) is 5.32. The standard InChI is InChI=1S/C16H23N3O/c1-19-13-8-4-3-7-12(13)18-15(19)11-14(17)16(20-2)9-5-6-10-16/h3-4,7-8,14H,5-6,9-11,17H2,1-2H3. The Balaban J connectivity index is 1.87. The van der Waals surface area contributed by atoms with Crippen LogP contribution >= 0.6 is 0 Å². The van der Waals surface area contributed by atoms with Crippen LogP contribution < -0.4 is 5.73 Å². The van der Waals surface area contributed by atoms with Gasteiger partial charge in [-0.1, -0.05) is 25.0 Å². The molecule has 2 N–H and O–H groups in total. The van der Waals surface area contributed by atoms with Gasteiger partial charge in [-0.25, -0.2) is 4.98 Å². The van der Waals surface area contributed by atoms with Crippen molar-refractivity contribution in [3.63, 3.8) is 0 Å². The van der Waals surface area contributed by atoms with Crippen molar-refractivity contribution in [2.75, 3.05) is 7.11 Å². The lowest BCUT2D eigenvalue weighted by Gasteiger charge is -2.33. The van der Waals surface area contributed by atoms with Crippen LogP contribution in [0.1, 0.15) is 31.5 Å². The van der Waals surface area contributed by atoms with Crippen molar-refractivity contribution in [2.45, 2.75) is 43.7 Å². The van der Waals surface area contributed by atoms with E-state index in [9.17, 15) is 0 Å². The summed E-state index contributed by atoms with van der Waals surface area (Å²) in [5, 5.41) is 0. The molecule has 1 aliphatic carbocycles. The first kappa shape index (κ1) is 13.6. The Morgan fingerprint density at radius 1 is 1.35 bits per heavy atom. The number of methoxy groups -OCH3 is 1. The number of imidazole rings is 1. The topological polar surface area (TPSA) is 53.1 Å². The quantitative estimate of drug-likeness (QED) is 0.930. The summed E-state index contributed by atoms with van der Waals surface area (Å²) in [5.74, 6) is 1.04. The van der Waals surface area contributed by atoms with Crippen LogP contribution in [0.2, 0.25) is 0 Å². The van der Waals surface area contributed by atoms with Crippen LogP contribution in [0.25, 0.3) is 11.0 Å². The van der Waals surface area contributed by atoms with Crippen molar-refractivity contribution >= 4 is 11.0 Å². The van der Waals surface area contributed by atoms with Crippen LogP contribution in [0.4, 0.5) is 0 Å². The minimum Gasteiger partial charge on any atom is -0.377 e. The highest BCUT2D eigenvalue weighted by Gasteiger charge is 2.40. The van der Waals surface area contributed by atoms with Crippen LogP contribution in [-0.2, 0) is 18.2 Å². The maximum absolute atomic E-state index is 6.47. The Bertz CT molecular complexity index is 599. The predicted molar refractivity (Wildman–Crippen MR) is 80.6 cm³/mol. The van der Waals surface area contributed by atoms with Crippen molar-refractivity contribution in [1.29, 1.82) is 0 Å². The molecular formula is C16H23N3O. The fraction of sp³-hybridized carbons (Fsp3) is 0.562. The lowest BCUT2D eigenvalue weighted by atomic mass is 9.90. The molecule has 1 aromatic carbocycles. The van der Waals surface area contributed by atoms with Gasteiger partial charge in [-0.2, -0.15) is 0 Å². The molecule has 3 rings (SSSR count). The molecule has 1 unspecified atom stereocenters. The Kier molecular flexibility index (Phi) is 3.52. The molecule has 4 nitrogen and oxygen atoms in total. The summed E-state index contributed by atoms with van der Waals surface area (Å²) in [6, 6.07) is 8.21. The first-order valence-corrected chi connectivity index (χ1v) is 7.37. The summed E-state index contributed by atoms with van der Waals surface area (Å²) < 4.78 is 7.93. The zero-order valence-corrected chi connectivity index (χ0v) is 12.3. The second kappa shape index (κ2) is 5.19. The fourth-order valence-corrected chi connectivity index (χ4v) is 3.46. The van der Waals surface area contributed by atoms with Crippen molar-refractivity contribution in [3.8, 4) is 0 Å². The maximum atomic E-state index is 6.47. The van der Waals surface area contributed by atoms with E-state index >= 15 is 0 Å². The molecule has 1 fully saturated rings. The smallest absolute Gasteiger partial charge is 0.111 e. The molecule has 2 aromatic rings. The minimum absolute atomic E-state index is 0.00510. The number of nitrogens with zero attached hydrogens (tertiary/aromatic N) is 2. The SMILES string of the molecule is COC1(C(N)Cc2nc3ccccc3n2C)CCCC1. The second-order valence-corrected chi connectivity index (χ2v) is 5.86. The Labute approximate surface area is 119 Å². The van der Waals surface area contributed by atoms with Gasteiger partial charge in [0.25, 0.3) is 0 Å². The summed E-state index contributed by atoms with van der Waals surface area (Å²) in [6.45, 7) is 0. The van der Waals surface area contributed by atoms with E-state index in [2.05, 4.69) is 17.7 Å². The summed E-state index contributed by atoms with van der Waals surface area (Å²) in [7, 11) is 3.85. The van der Waals surface area contributed by atoms with Gasteiger partial charge < -0.3 is 15.0 Å². The molecule has 0 amide bonds. The molecule has 1 aromatic heterocycles. The van der Waals surface area contributed by atoms with Gasteiger partial charge in [0.15, 0.2) is 0 Å². The number of hydrogen-bond acceptors (Lipinski definition) is 3. The largest absolute Gasteiger partial charge is 0.377 e. The summed E-state index contributed by atoms with van der Waals surface area (Å²) in [4.78, 5) is 4.72. The van der Waals surface area contributed by atoms with Crippen LogP contribution in [0.3, 0.4) is 0 Å². The van der Waals surface area contributed by atoms with Crippen LogP contribution in [0.5, 0.6) is 0 Å². The Morgan fingerprint density at radius 2 is 2.05 bits per heavy atom. The van der Waals surface area contributed by atoms with Gasteiger partial charge in [0.2, 0.25) is 0 Å². The molecule has 1 atom stereocenters. The van der Waals surface area contributed by atoms with E-state index in [0.717, 1.165) is 36.1 Å². The number of hydrogen-bond donors (Lipinski definition) is 1. The van der Waals surface area contributed by atoms with Crippen molar-refractivity contribution in [2.24, 2.45) is 12.8 Å². The zero-order chi connectivity index (χ0) is 14.2. The van der Waals surface area contributed by atoms with Gasteiger partial charge in [0.1, 0.15) is 5.82 Å². The maximum Gasteiger partial charge on any atom is 0.111 e. The van der Waals surface area contributed by atoms with Gasteiger partial charge in [-0.15, -0.1) is 0 Å². The average Bonchev–Trinajstić information content (AvgIpc) is 3.06. The number of aromatic nitrogens is 2. The highest BCUT2D eigenvalue weighted by Crippen LogP contribution is 2.36. The van der Waals surface area contributed by atoms with E-state index in [-0.39, 0.29) is 11.6 Å². The minimum atomic E-state index is -0.155. The lowest BCUT2D eigenvalue weighted by molar-refractivity contribution is -0.0258. The van der Waals surface area contributed by atoms with E-state index in [1.54, 1.807) is 7.11 Å². The summed E-state index contributed by atoms with van der Waals surface area (Å²) in [5.41, 5.74) is 8.51. The average molecular weight is 273 g/mol. The first-order chi connectivity index (χ1) is 9.66. The number of aryl methyl sites for hydroxylation is 1. The molecule has 1 saturated carbocycles. The van der Waals surface area contributed by atoms with E-state index < -0.39 is 0 Å². The number of nitrogens with two attached hydrogens (primary N) is 1. The predicted octanol–water partition coefficient (Wildman–Crippen LogP) is 2.40. The van der Waals surface area contributed by atoms with Crippen LogP contribution in [-0.4, -0.2) is 28.3 Å². The van der Waals surface area contributed by atoms with Crippen molar-refractivity contribution in [3.05, 3.63) is 30.1 Å². The van der Waals surface area contributed by atoms with E-state index in [0.29, 0.717) is 0 Å². The molecule has 108 valence electrons. The molecule has 0 aliphatic heterocycles. The van der Waals surface area contributed by atoms with Gasteiger partial charge in [-0.05, 0) is 25.0 Å². The third-order valence-electron chi connectivity index (χ3n) is 4.81. The number of fused-ring (bicyclic) bond motifs is 1.